The van der Waals surface area contributed by atoms with Crippen LogP contribution in [0.2, 0.25) is 5.02 Å². The van der Waals surface area contributed by atoms with E-state index in [2.05, 4.69) is 4.98 Å². The largest absolute Gasteiger partial charge is 0.465 e. The Labute approximate surface area is 177 Å². The molecular formula is C20H20ClN3O6. The van der Waals surface area contributed by atoms with Crippen molar-refractivity contribution < 1.29 is 24.6 Å². The van der Waals surface area contributed by atoms with Crippen LogP contribution in [0, 0.1) is 17.0 Å². The Morgan fingerprint density at radius 3 is 2.77 bits per heavy atom. The van der Waals surface area contributed by atoms with Crippen molar-refractivity contribution in [3.05, 3.63) is 73.5 Å². The van der Waals surface area contributed by atoms with Gasteiger partial charge in [-0.3, -0.25) is 14.7 Å². The normalized spacial score (nSPS) is 23.1. The first-order valence-electron chi connectivity index (χ1n) is 9.53. The molecule has 0 bridgehead atoms. The molecule has 2 aliphatic heterocycles. The molecule has 1 N–H and O–H groups in total. The summed E-state index contributed by atoms with van der Waals surface area (Å²) in [6, 6.07) is 7.29. The molecule has 2 aliphatic rings. The third-order valence-electron chi connectivity index (χ3n) is 5.66. The maximum atomic E-state index is 11.7. The Kier molecular flexibility index (Phi) is 5.48. The van der Waals surface area contributed by atoms with Gasteiger partial charge in [-0.1, -0.05) is 23.7 Å². The average Bonchev–Trinajstić information content (AvgIpc) is 3.12. The van der Waals surface area contributed by atoms with E-state index in [4.69, 9.17) is 21.2 Å². The molecule has 30 heavy (non-hydrogen) atoms. The predicted molar refractivity (Wildman–Crippen MR) is 106 cm³/mol. The second kappa shape index (κ2) is 8.08. The molecule has 10 heteroatoms. The van der Waals surface area contributed by atoms with E-state index in [9.17, 15) is 20.0 Å². The molecule has 1 aromatic carbocycles. The van der Waals surface area contributed by atoms with Gasteiger partial charge in [0.1, 0.15) is 6.10 Å². The van der Waals surface area contributed by atoms with Crippen LogP contribution in [0.1, 0.15) is 52.8 Å². The summed E-state index contributed by atoms with van der Waals surface area (Å²) >= 11 is 6.02. The monoisotopic (exact) mass is 433 g/mol. The molecule has 0 saturated carbocycles. The van der Waals surface area contributed by atoms with Crippen molar-refractivity contribution >= 4 is 17.7 Å². The predicted octanol–water partition coefficient (Wildman–Crippen LogP) is 4.05. The minimum absolute atomic E-state index is 0.170. The number of pyridine rings is 1. The lowest BCUT2D eigenvalue weighted by Gasteiger charge is -2.39. The molecule has 0 radical (unpaired) electrons. The van der Waals surface area contributed by atoms with Gasteiger partial charge < -0.3 is 9.84 Å². The Morgan fingerprint density at radius 2 is 2.10 bits per heavy atom. The van der Waals surface area contributed by atoms with Gasteiger partial charge in [-0.05, 0) is 48.6 Å². The zero-order valence-electron chi connectivity index (χ0n) is 16.2. The lowest BCUT2D eigenvalue weighted by molar-refractivity contribution is -0.775. The SMILES string of the molecule is Cc1ncc2c(c1C1CCCN(C(=O)O)C1O[N+](=O)[O-])C(c1ccc(Cl)cc1)OC2. The number of piperidine rings is 1. The molecule has 2 aromatic rings. The lowest BCUT2D eigenvalue weighted by Crippen LogP contribution is -2.49. The second-order valence-corrected chi connectivity index (χ2v) is 7.82. The minimum Gasteiger partial charge on any atom is -0.465 e. The van der Waals surface area contributed by atoms with Crippen LogP contribution in [0.15, 0.2) is 30.5 Å². The van der Waals surface area contributed by atoms with Crippen LogP contribution >= 0.6 is 11.6 Å². The second-order valence-electron chi connectivity index (χ2n) is 7.38. The van der Waals surface area contributed by atoms with Crippen molar-refractivity contribution in [2.24, 2.45) is 0 Å². The third-order valence-corrected chi connectivity index (χ3v) is 5.91. The van der Waals surface area contributed by atoms with Crippen molar-refractivity contribution in [3.8, 4) is 0 Å². The van der Waals surface area contributed by atoms with E-state index >= 15 is 0 Å². The van der Waals surface area contributed by atoms with E-state index in [1.54, 1.807) is 18.3 Å². The number of aromatic nitrogens is 1. The summed E-state index contributed by atoms with van der Waals surface area (Å²) in [5.41, 5.74) is 4.07. The number of halogens is 1. The number of likely N-dealkylation sites (tertiary alicyclic amines) is 1. The first-order valence-corrected chi connectivity index (χ1v) is 9.90. The number of rotatable bonds is 4. The smallest absolute Gasteiger partial charge is 0.409 e. The highest BCUT2D eigenvalue weighted by Gasteiger charge is 2.42. The Morgan fingerprint density at radius 1 is 1.37 bits per heavy atom. The third kappa shape index (κ3) is 3.66. The Bertz CT molecular complexity index is 983. The number of ether oxygens (including phenoxy) is 1. The highest BCUT2D eigenvalue weighted by molar-refractivity contribution is 6.30. The quantitative estimate of drug-likeness (QED) is 0.571. The Balaban J connectivity index is 1.82. The van der Waals surface area contributed by atoms with Gasteiger partial charge >= 0.3 is 6.09 Å². The van der Waals surface area contributed by atoms with Crippen LogP contribution in [0.25, 0.3) is 0 Å². The maximum Gasteiger partial charge on any atom is 0.409 e. The molecule has 0 spiro atoms. The maximum absolute atomic E-state index is 11.7. The molecular weight excluding hydrogens is 414 g/mol. The summed E-state index contributed by atoms with van der Waals surface area (Å²) < 4.78 is 6.04. The summed E-state index contributed by atoms with van der Waals surface area (Å²) in [7, 11) is 0. The van der Waals surface area contributed by atoms with E-state index in [0.29, 0.717) is 30.2 Å². The zero-order valence-corrected chi connectivity index (χ0v) is 16.9. The average molecular weight is 434 g/mol. The number of carboxylic acid groups (broad SMARTS) is 1. The number of hydrogen-bond donors (Lipinski definition) is 1. The number of aryl methyl sites for hydroxylation is 1. The van der Waals surface area contributed by atoms with Gasteiger partial charge in [0.2, 0.25) is 0 Å². The minimum atomic E-state index is -1.25. The number of hydrogen-bond acceptors (Lipinski definition) is 6. The molecule has 3 unspecified atom stereocenters. The van der Waals surface area contributed by atoms with Crippen LogP contribution in [0.3, 0.4) is 0 Å². The van der Waals surface area contributed by atoms with Crippen LogP contribution in [-0.4, -0.2) is 38.9 Å². The van der Waals surface area contributed by atoms with Gasteiger partial charge in [-0.15, -0.1) is 10.1 Å². The first kappa shape index (κ1) is 20.4. The van der Waals surface area contributed by atoms with Gasteiger partial charge in [0.25, 0.3) is 5.09 Å². The number of carbonyl (C=O) groups is 1. The lowest BCUT2D eigenvalue weighted by atomic mass is 9.82. The number of fused-ring (bicyclic) bond motifs is 1. The van der Waals surface area contributed by atoms with Gasteiger partial charge in [0, 0.05) is 34.9 Å². The fourth-order valence-corrected chi connectivity index (χ4v) is 4.54. The summed E-state index contributed by atoms with van der Waals surface area (Å²) in [6.45, 7) is 2.33. The van der Waals surface area contributed by atoms with Crippen LogP contribution < -0.4 is 0 Å². The molecule has 1 saturated heterocycles. The fourth-order valence-electron chi connectivity index (χ4n) is 4.41. The van der Waals surface area contributed by atoms with Gasteiger partial charge in [-0.25, -0.2) is 4.79 Å². The van der Waals surface area contributed by atoms with Crippen LogP contribution in [0.5, 0.6) is 0 Å². The molecule has 3 atom stereocenters. The summed E-state index contributed by atoms with van der Waals surface area (Å²) in [5.74, 6) is -0.542. The highest BCUT2D eigenvalue weighted by atomic mass is 35.5. The summed E-state index contributed by atoms with van der Waals surface area (Å²) in [5, 5.41) is 20.4. The topological polar surface area (TPSA) is 115 Å². The van der Waals surface area contributed by atoms with E-state index < -0.39 is 29.4 Å². The van der Waals surface area contributed by atoms with E-state index in [1.165, 1.54) is 0 Å². The van der Waals surface area contributed by atoms with Crippen molar-refractivity contribution in [2.45, 2.75) is 44.6 Å². The fraction of sp³-hybridized carbons (Fsp3) is 0.400. The Hall–Kier alpha value is -2.91. The molecule has 158 valence electrons. The molecule has 1 aromatic heterocycles. The molecule has 3 heterocycles. The van der Waals surface area contributed by atoms with E-state index in [1.807, 2.05) is 19.1 Å². The zero-order chi connectivity index (χ0) is 21.4. The van der Waals surface area contributed by atoms with Crippen molar-refractivity contribution in [3.63, 3.8) is 0 Å². The van der Waals surface area contributed by atoms with Gasteiger partial charge in [0.15, 0.2) is 6.23 Å². The standard InChI is InChI=1S/C20H20ClN3O6/c1-11-16(15-3-2-8-23(20(25)26)19(15)30-24(27)28)17-13(9-22-11)10-29-18(17)12-4-6-14(21)7-5-12/h4-7,9,15,18-19H,2-3,8,10H2,1H3,(H,25,26). The molecule has 0 aliphatic carbocycles. The summed E-state index contributed by atoms with van der Waals surface area (Å²) in [6.07, 6.45) is -0.0605. The van der Waals surface area contributed by atoms with Crippen molar-refractivity contribution in [2.75, 3.05) is 6.54 Å². The highest BCUT2D eigenvalue weighted by Crippen LogP contribution is 2.45. The van der Waals surface area contributed by atoms with Crippen molar-refractivity contribution in [1.82, 2.24) is 9.88 Å². The van der Waals surface area contributed by atoms with E-state index in [-0.39, 0.29) is 6.54 Å². The molecule has 4 rings (SSSR count). The molecule has 1 amide bonds. The van der Waals surface area contributed by atoms with Gasteiger partial charge in [-0.2, -0.15) is 0 Å². The van der Waals surface area contributed by atoms with E-state index in [0.717, 1.165) is 27.2 Å². The number of amides is 1. The van der Waals surface area contributed by atoms with Crippen LogP contribution in [0.4, 0.5) is 4.79 Å². The molecule has 9 nitrogen and oxygen atoms in total. The van der Waals surface area contributed by atoms with Crippen molar-refractivity contribution in [1.29, 1.82) is 0 Å². The number of benzene rings is 1. The van der Waals surface area contributed by atoms with Gasteiger partial charge in [0.05, 0.1) is 6.61 Å². The molecule has 1 fully saturated rings. The number of nitrogens with zero attached hydrogens (tertiary/aromatic N) is 3. The first-order chi connectivity index (χ1) is 14.4. The van der Waals surface area contributed by atoms with Crippen LogP contribution in [-0.2, 0) is 16.2 Å². The summed E-state index contributed by atoms with van der Waals surface area (Å²) in [4.78, 5) is 33.2.